The van der Waals surface area contributed by atoms with E-state index in [2.05, 4.69) is 55.7 Å². The lowest BCUT2D eigenvalue weighted by atomic mass is 10.1. The Morgan fingerprint density at radius 1 is 1.29 bits per heavy atom. The SMILES string of the molecule is CC(C)c1nc(-c2cc(Br)cs2)nc(Cl)c1Br. The Morgan fingerprint density at radius 3 is 2.53 bits per heavy atom. The van der Waals surface area contributed by atoms with Crippen LogP contribution >= 0.6 is 54.8 Å². The average Bonchev–Trinajstić information content (AvgIpc) is 2.68. The second-order valence-corrected chi connectivity index (χ2v) is 6.80. The van der Waals surface area contributed by atoms with Gasteiger partial charge in [-0.1, -0.05) is 25.4 Å². The van der Waals surface area contributed by atoms with Crippen molar-refractivity contribution in [2.45, 2.75) is 19.8 Å². The van der Waals surface area contributed by atoms with Crippen molar-refractivity contribution >= 4 is 54.8 Å². The molecular weight excluding hydrogens is 387 g/mol. The van der Waals surface area contributed by atoms with Gasteiger partial charge in [0.2, 0.25) is 0 Å². The van der Waals surface area contributed by atoms with Crippen molar-refractivity contribution < 1.29 is 0 Å². The van der Waals surface area contributed by atoms with Gasteiger partial charge in [0, 0.05) is 9.85 Å². The topological polar surface area (TPSA) is 25.8 Å². The molecule has 0 saturated heterocycles. The third-order valence-electron chi connectivity index (χ3n) is 2.17. The number of halogens is 3. The third kappa shape index (κ3) is 2.89. The Labute approximate surface area is 126 Å². The van der Waals surface area contributed by atoms with Gasteiger partial charge in [-0.25, -0.2) is 9.97 Å². The highest BCUT2D eigenvalue weighted by Gasteiger charge is 2.15. The molecule has 0 aliphatic carbocycles. The summed E-state index contributed by atoms with van der Waals surface area (Å²) in [6, 6.07) is 1.99. The van der Waals surface area contributed by atoms with E-state index >= 15 is 0 Å². The maximum atomic E-state index is 6.11. The molecule has 0 aliphatic rings. The summed E-state index contributed by atoms with van der Waals surface area (Å²) in [5.74, 6) is 0.977. The summed E-state index contributed by atoms with van der Waals surface area (Å²) in [4.78, 5) is 9.87. The first-order valence-corrected chi connectivity index (χ1v) is 7.80. The molecule has 0 atom stereocenters. The zero-order valence-electron chi connectivity index (χ0n) is 9.17. The van der Waals surface area contributed by atoms with E-state index < -0.39 is 0 Å². The van der Waals surface area contributed by atoms with Crippen LogP contribution in [-0.2, 0) is 0 Å². The molecule has 2 aromatic rings. The van der Waals surface area contributed by atoms with E-state index in [0.29, 0.717) is 16.9 Å². The summed E-state index contributed by atoms with van der Waals surface area (Å²) in [6.45, 7) is 4.16. The Hall–Kier alpha value is 0.0300. The highest BCUT2D eigenvalue weighted by molar-refractivity contribution is 9.10. The molecular formula is C11H9Br2ClN2S. The average molecular weight is 397 g/mol. The molecule has 2 rings (SSSR count). The van der Waals surface area contributed by atoms with Crippen molar-refractivity contribution in [1.29, 1.82) is 0 Å². The van der Waals surface area contributed by atoms with E-state index in [9.17, 15) is 0 Å². The van der Waals surface area contributed by atoms with Crippen LogP contribution in [0.15, 0.2) is 20.4 Å². The fraction of sp³-hybridized carbons (Fsp3) is 0.273. The van der Waals surface area contributed by atoms with Crippen molar-refractivity contribution in [3.8, 4) is 10.7 Å². The summed E-state index contributed by atoms with van der Waals surface area (Å²) in [5.41, 5.74) is 0.935. The summed E-state index contributed by atoms with van der Waals surface area (Å²) < 4.78 is 1.82. The molecule has 6 heteroatoms. The molecule has 0 bridgehead atoms. The molecule has 0 fully saturated rings. The Kier molecular flexibility index (Phi) is 4.23. The molecule has 0 radical (unpaired) electrons. The van der Waals surface area contributed by atoms with Gasteiger partial charge in [0.05, 0.1) is 15.0 Å². The van der Waals surface area contributed by atoms with E-state index in [-0.39, 0.29) is 0 Å². The van der Waals surface area contributed by atoms with Gasteiger partial charge < -0.3 is 0 Å². The molecule has 0 saturated carbocycles. The van der Waals surface area contributed by atoms with Gasteiger partial charge in [0.1, 0.15) is 5.15 Å². The standard InChI is InChI=1S/C11H9Br2ClN2S/c1-5(2)9-8(13)10(14)16-11(15-9)7-3-6(12)4-17-7/h3-5H,1-2H3. The van der Waals surface area contributed by atoms with Crippen LogP contribution in [0.3, 0.4) is 0 Å². The largest absolute Gasteiger partial charge is 0.231 e. The first-order chi connectivity index (χ1) is 7.99. The summed E-state index contributed by atoms with van der Waals surface area (Å²) in [5, 5.41) is 2.46. The second-order valence-electron chi connectivity index (χ2n) is 3.82. The number of rotatable bonds is 2. The summed E-state index contributed by atoms with van der Waals surface area (Å²) in [7, 11) is 0. The van der Waals surface area contributed by atoms with E-state index in [1.54, 1.807) is 11.3 Å². The molecule has 2 nitrogen and oxygen atoms in total. The second kappa shape index (κ2) is 5.34. The molecule has 0 amide bonds. The lowest BCUT2D eigenvalue weighted by Gasteiger charge is -2.09. The normalized spacial score (nSPS) is 11.2. The Bertz CT molecular complexity index is 554. The fourth-order valence-corrected chi connectivity index (χ4v) is 3.53. The van der Waals surface area contributed by atoms with Gasteiger partial charge in [-0.15, -0.1) is 11.3 Å². The zero-order valence-corrected chi connectivity index (χ0v) is 13.9. The molecule has 0 unspecified atom stereocenters. The van der Waals surface area contributed by atoms with E-state index in [0.717, 1.165) is 19.5 Å². The van der Waals surface area contributed by atoms with Crippen molar-refractivity contribution in [3.05, 3.63) is 31.2 Å². The fourth-order valence-electron chi connectivity index (χ4n) is 1.36. The van der Waals surface area contributed by atoms with Crippen LogP contribution in [0.4, 0.5) is 0 Å². The van der Waals surface area contributed by atoms with Crippen molar-refractivity contribution in [3.63, 3.8) is 0 Å². The first-order valence-electron chi connectivity index (χ1n) is 4.96. The first kappa shape index (κ1) is 13.5. The number of hydrogen-bond donors (Lipinski definition) is 0. The highest BCUT2D eigenvalue weighted by Crippen LogP contribution is 2.33. The molecule has 0 aromatic carbocycles. The minimum absolute atomic E-state index is 0.298. The molecule has 0 spiro atoms. The van der Waals surface area contributed by atoms with Crippen molar-refractivity contribution in [2.75, 3.05) is 0 Å². The number of nitrogens with zero attached hydrogens (tertiary/aromatic N) is 2. The van der Waals surface area contributed by atoms with Crippen LogP contribution in [0.5, 0.6) is 0 Å². The predicted molar refractivity (Wildman–Crippen MR) is 79.8 cm³/mol. The minimum Gasteiger partial charge on any atom is -0.231 e. The molecule has 0 aliphatic heterocycles. The Morgan fingerprint density at radius 2 is 2.00 bits per heavy atom. The van der Waals surface area contributed by atoms with Gasteiger partial charge in [0.25, 0.3) is 0 Å². The van der Waals surface area contributed by atoms with Gasteiger partial charge >= 0.3 is 0 Å². The Balaban J connectivity index is 2.56. The van der Waals surface area contributed by atoms with Crippen molar-refractivity contribution in [2.24, 2.45) is 0 Å². The summed E-state index contributed by atoms with van der Waals surface area (Å²) in [6.07, 6.45) is 0. The monoisotopic (exact) mass is 394 g/mol. The van der Waals surface area contributed by atoms with Gasteiger partial charge in [-0.3, -0.25) is 0 Å². The smallest absolute Gasteiger partial charge is 0.171 e. The minimum atomic E-state index is 0.298. The molecule has 2 aromatic heterocycles. The third-order valence-corrected chi connectivity index (χ3v) is 5.14. The molecule has 2 heterocycles. The van der Waals surface area contributed by atoms with Gasteiger partial charge in [-0.05, 0) is 43.8 Å². The summed E-state index contributed by atoms with van der Waals surface area (Å²) >= 11 is 14.6. The zero-order chi connectivity index (χ0) is 12.6. The molecule has 17 heavy (non-hydrogen) atoms. The van der Waals surface area contributed by atoms with Gasteiger partial charge in [-0.2, -0.15) is 0 Å². The highest BCUT2D eigenvalue weighted by atomic mass is 79.9. The lowest BCUT2D eigenvalue weighted by molar-refractivity contribution is 0.810. The van der Waals surface area contributed by atoms with Gasteiger partial charge in [0.15, 0.2) is 5.82 Å². The predicted octanol–water partition coefficient (Wildman–Crippen LogP) is 5.51. The number of thiophene rings is 1. The van der Waals surface area contributed by atoms with Crippen LogP contribution in [0.1, 0.15) is 25.5 Å². The van der Waals surface area contributed by atoms with Crippen LogP contribution < -0.4 is 0 Å². The number of hydrogen-bond acceptors (Lipinski definition) is 3. The quantitative estimate of drug-likeness (QED) is 0.626. The lowest BCUT2D eigenvalue weighted by Crippen LogP contribution is -1.99. The maximum absolute atomic E-state index is 6.11. The van der Waals surface area contributed by atoms with E-state index in [1.807, 2.05) is 11.4 Å². The number of aromatic nitrogens is 2. The van der Waals surface area contributed by atoms with Crippen molar-refractivity contribution in [1.82, 2.24) is 9.97 Å². The van der Waals surface area contributed by atoms with E-state index in [1.165, 1.54) is 0 Å². The maximum Gasteiger partial charge on any atom is 0.171 e. The van der Waals surface area contributed by atoms with Crippen LogP contribution in [0.25, 0.3) is 10.7 Å². The molecule has 0 N–H and O–H groups in total. The van der Waals surface area contributed by atoms with Crippen LogP contribution in [-0.4, -0.2) is 9.97 Å². The molecule has 90 valence electrons. The van der Waals surface area contributed by atoms with E-state index in [4.69, 9.17) is 11.6 Å². The van der Waals surface area contributed by atoms with Crippen LogP contribution in [0.2, 0.25) is 5.15 Å². The van der Waals surface area contributed by atoms with Crippen LogP contribution in [0, 0.1) is 0 Å².